The van der Waals surface area contributed by atoms with Gasteiger partial charge in [-0.1, -0.05) is 6.92 Å². The minimum Gasteiger partial charge on any atom is -0.481 e. The fraction of sp³-hybridized carbons (Fsp3) is 0.609. The van der Waals surface area contributed by atoms with Gasteiger partial charge < -0.3 is 15.7 Å². The number of amides is 2. The summed E-state index contributed by atoms with van der Waals surface area (Å²) < 4.78 is 0. The summed E-state index contributed by atoms with van der Waals surface area (Å²) in [6.45, 7) is 5.32. The largest absolute Gasteiger partial charge is 0.481 e. The van der Waals surface area contributed by atoms with E-state index in [4.69, 9.17) is 5.73 Å². The highest BCUT2D eigenvalue weighted by atomic mass is 35.5. The zero-order valence-corrected chi connectivity index (χ0v) is 18.7. The molecule has 2 aliphatic rings. The van der Waals surface area contributed by atoms with E-state index in [1.165, 1.54) is 0 Å². The number of nitrogens with two attached hydrogens (primary N) is 1. The number of carboxylic acid groups (broad SMARTS) is 1. The maximum atomic E-state index is 12.8. The Morgan fingerprint density at radius 1 is 1.07 bits per heavy atom. The van der Waals surface area contributed by atoms with Crippen LogP contribution in [0.25, 0.3) is 0 Å². The minimum atomic E-state index is -0.677. The van der Waals surface area contributed by atoms with Gasteiger partial charge >= 0.3 is 5.97 Å². The van der Waals surface area contributed by atoms with Crippen LogP contribution >= 0.6 is 12.4 Å². The lowest BCUT2D eigenvalue weighted by atomic mass is 9.59. The summed E-state index contributed by atoms with van der Waals surface area (Å²) in [6.07, 6.45) is 6.63. The second-order valence-electron chi connectivity index (χ2n) is 9.08. The highest BCUT2D eigenvalue weighted by Crippen LogP contribution is 2.51. The number of hydrogen-bond acceptors (Lipinski definition) is 3. The third kappa shape index (κ3) is 4.64. The van der Waals surface area contributed by atoms with E-state index >= 15 is 0 Å². The quantitative estimate of drug-likeness (QED) is 0.724. The zero-order valence-electron chi connectivity index (χ0n) is 17.9. The zero-order chi connectivity index (χ0) is 21.2. The van der Waals surface area contributed by atoms with E-state index in [1.54, 1.807) is 24.3 Å². The van der Waals surface area contributed by atoms with Gasteiger partial charge in [0.2, 0.25) is 5.91 Å². The van der Waals surface area contributed by atoms with Gasteiger partial charge in [-0.25, -0.2) is 0 Å². The summed E-state index contributed by atoms with van der Waals surface area (Å²) in [5, 5.41) is 9.67. The molecule has 0 radical (unpaired) electrons. The second kappa shape index (κ2) is 9.38. The van der Waals surface area contributed by atoms with E-state index in [2.05, 4.69) is 0 Å². The number of piperidine rings is 1. The van der Waals surface area contributed by atoms with E-state index < -0.39 is 17.3 Å². The number of carbonyl (C=O) groups is 3. The van der Waals surface area contributed by atoms with E-state index in [1.807, 2.05) is 18.7 Å². The van der Waals surface area contributed by atoms with Gasteiger partial charge in [0, 0.05) is 24.2 Å². The first-order chi connectivity index (χ1) is 13.7. The number of rotatable bonds is 5. The van der Waals surface area contributed by atoms with Crippen LogP contribution in [0.5, 0.6) is 0 Å². The van der Waals surface area contributed by atoms with Crippen LogP contribution in [0, 0.1) is 16.7 Å². The van der Waals surface area contributed by atoms with Gasteiger partial charge in [-0.05, 0) is 87.5 Å². The van der Waals surface area contributed by atoms with Gasteiger partial charge in [-0.15, -0.1) is 12.4 Å². The molecular formula is C23H33ClN2O4. The maximum absolute atomic E-state index is 12.8. The summed E-state index contributed by atoms with van der Waals surface area (Å²) in [4.78, 5) is 37.6. The molecule has 1 spiro atoms. The number of likely N-dealkylation sites (tertiary alicyclic amines) is 1. The maximum Gasteiger partial charge on any atom is 0.309 e. The van der Waals surface area contributed by atoms with Crippen LogP contribution < -0.4 is 5.73 Å². The second-order valence-corrected chi connectivity index (χ2v) is 9.08. The Morgan fingerprint density at radius 3 is 2.00 bits per heavy atom. The molecular weight excluding hydrogens is 404 g/mol. The number of carboxylic acids is 1. The van der Waals surface area contributed by atoms with Crippen molar-refractivity contribution >= 4 is 30.2 Å². The molecule has 30 heavy (non-hydrogen) atoms. The average Bonchev–Trinajstić information content (AvgIpc) is 2.73. The summed E-state index contributed by atoms with van der Waals surface area (Å²) in [5.41, 5.74) is 5.85. The molecule has 3 N–H and O–H groups in total. The molecule has 7 heteroatoms. The lowest BCUT2D eigenvalue weighted by Crippen LogP contribution is -2.46. The Balaban J connectivity index is 0.00000320. The summed E-state index contributed by atoms with van der Waals surface area (Å²) in [6, 6.07) is 6.51. The van der Waals surface area contributed by atoms with Crippen LogP contribution in [0.3, 0.4) is 0 Å². The Hall–Kier alpha value is -2.08. The summed E-state index contributed by atoms with van der Waals surface area (Å²) in [7, 11) is 0. The average molecular weight is 437 g/mol. The highest BCUT2D eigenvalue weighted by molar-refractivity contribution is 5.97. The monoisotopic (exact) mass is 436 g/mol. The first kappa shape index (κ1) is 24.2. The van der Waals surface area contributed by atoms with Crippen molar-refractivity contribution in [3.8, 4) is 0 Å². The van der Waals surface area contributed by atoms with Crippen LogP contribution in [0.4, 0.5) is 0 Å². The fourth-order valence-electron chi connectivity index (χ4n) is 5.13. The van der Waals surface area contributed by atoms with Crippen molar-refractivity contribution in [1.29, 1.82) is 0 Å². The van der Waals surface area contributed by atoms with E-state index in [-0.39, 0.29) is 29.6 Å². The molecule has 1 aromatic carbocycles. The molecule has 1 unspecified atom stereocenters. The molecule has 1 saturated heterocycles. The molecule has 3 rings (SSSR count). The summed E-state index contributed by atoms with van der Waals surface area (Å²) >= 11 is 0. The Labute approximate surface area is 184 Å². The SMILES string of the molecule is CCC(C)(C(=O)O)C1CCC2(CC1)CCN(C(=O)c1ccc(C(N)=O)cc1)CC2.Cl. The van der Waals surface area contributed by atoms with Crippen molar-refractivity contribution in [1.82, 2.24) is 4.90 Å². The van der Waals surface area contributed by atoms with Gasteiger partial charge in [0.15, 0.2) is 0 Å². The number of hydrogen-bond donors (Lipinski definition) is 2. The van der Waals surface area contributed by atoms with E-state index in [9.17, 15) is 19.5 Å². The Morgan fingerprint density at radius 2 is 1.57 bits per heavy atom. The topological polar surface area (TPSA) is 101 Å². The molecule has 0 aromatic heterocycles. The third-order valence-corrected chi connectivity index (χ3v) is 7.70. The molecule has 2 fully saturated rings. The lowest BCUT2D eigenvalue weighted by Gasteiger charge is -2.48. The Bertz CT molecular complexity index is 777. The molecule has 2 amide bonds. The third-order valence-electron chi connectivity index (χ3n) is 7.70. The number of halogens is 1. The van der Waals surface area contributed by atoms with Gasteiger partial charge in [0.05, 0.1) is 5.41 Å². The Kier molecular flexibility index (Phi) is 7.56. The highest BCUT2D eigenvalue weighted by Gasteiger charge is 2.46. The predicted molar refractivity (Wildman–Crippen MR) is 118 cm³/mol. The smallest absolute Gasteiger partial charge is 0.309 e. The van der Waals surface area contributed by atoms with Crippen LogP contribution in [0.15, 0.2) is 24.3 Å². The van der Waals surface area contributed by atoms with Gasteiger partial charge in [-0.2, -0.15) is 0 Å². The van der Waals surface area contributed by atoms with Crippen molar-refractivity contribution in [2.75, 3.05) is 13.1 Å². The molecule has 6 nitrogen and oxygen atoms in total. The van der Waals surface area contributed by atoms with Crippen LogP contribution in [0.1, 0.15) is 79.5 Å². The van der Waals surface area contributed by atoms with Crippen molar-refractivity contribution in [2.45, 2.75) is 58.8 Å². The fourth-order valence-corrected chi connectivity index (χ4v) is 5.13. The molecule has 1 aliphatic carbocycles. The summed E-state index contributed by atoms with van der Waals surface area (Å²) in [5.74, 6) is -0.946. The van der Waals surface area contributed by atoms with Gasteiger partial charge in [0.25, 0.3) is 5.91 Å². The van der Waals surface area contributed by atoms with Gasteiger partial charge in [-0.3, -0.25) is 14.4 Å². The number of primary amides is 1. The number of benzene rings is 1. The van der Waals surface area contributed by atoms with Crippen molar-refractivity contribution in [3.05, 3.63) is 35.4 Å². The van der Waals surface area contributed by atoms with Crippen molar-refractivity contribution in [2.24, 2.45) is 22.5 Å². The van der Waals surface area contributed by atoms with E-state index in [0.717, 1.165) is 51.6 Å². The van der Waals surface area contributed by atoms with Crippen molar-refractivity contribution in [3.63, 3.8) is 0 Å². The molecule has 1 aliphatic heterocycles. The van der Waals surface area contributed by atoms with Crippen LogP contribution in [-0.4, -0.2) is 40.9 Å². The first-order valence-corrected chi connectivity index (χ1v) is 10.6. The molecule has 1 heterocycles. The predicted octanol–water partition coefficient (Wildman–Crippen LogP) is 4.12. The normalized spacial score (nSPS) is 20.8. The minimum absolute atomic E-state index is 0. The van der Waals surface area contributed by atoms with E-state index in [0.29, 0.717) is 17.5 Å². The standard InChI is InChI=1S/C23H32N2O4.ClH/c1-3-22(2,21(28)29)18-8-10-23(11-9-18)12-14-25(15-13-23)20(27)17-6-4-16(5-7-17)19(24)26;/h4-7,18H,3,8-15H2,1-2H3,(H2,24,26)(H,28,29);1H. The molecule has 0 bridgehead atoms. The number of carbonyl (C=O) groups excluding carboxylic acids is 2. The number of nitrogens with zero attached hydrogens (tertiary/aromatic N) is 1. The molecule has 1 aromatic rings. The molecule has 1 atom stereocenters. The van der Waals surface area contributed by atoms with Gasteiger partial charge in [0.1, 0.15) is 0 Å². The molecule has 1 saturated carbocycles. The number of aliphatic carboxylic acids is 1. The lowest BCUT2D eigenvalue weighted by molar-refractivity contribution is -0.153. The molecule has 166 valence electrons. The van der Waals surface area contributed by atoms with Crippen LogP contribution in [0.2, 0.25) is 0 Å². The van der Waals surface area contributed by atoms with Crippen molar-refractivity contribution < 1.29 is 19.5 Å². The first-order valence-electron chi connectivity index (χ1n) is 10.6. The van der Waals surface area contributed by atoms with Crippen LogP contribution in [-0.2, 0) is 4.79 Å².